The van der Waals surface area contributed by atoms with Crippen molar-refractivity contribution in [1.29, 1.82) is 0 Å². The highest BCUT2D eigenvalue weighted by Crippen LogP contribution is 2.30. The topological polar surface area (TPSA) is 50.4 Å². The van der Waals surface area contributed by atoms with Crippen LogP contribution >= 0.6 is 11.3 Å². The fourth-order valence-corrected chi connectivity index (χ4v) is 3.29. The number of hydrogen-bond acceptors (Lipinski definition) is 4. The molecule has 4 nitrogen and oxygen atoms in total. The Hall–Kier alpha value is -1.07. The number of carbonyl (C=O) groups is 1. The van der Waals surface area contributed by atoms with Gasteiger partial charge >= 0.3 is 0 Å². The van der Waals surface area contributed by atoms with Crippen molar-refractivity contribution in [1.82, 2.24) is 10.6 Å². The van der Waals surface area contributed by atoms with E-state index in [1.807, 2.05) is 11.4 Å². The van der Waals surface area contributed by atoms with Crippen LogP contribution in [0.2, 0.25) is 0 Å². The Bertz CT molecular complexity index is 442. The van der Waals surface area contributed by atoms with Gasteiger partial charge in [-0.1, -0.05) is 13.8 Å². The number of rotatable bonds is 4. The van der Waals surface area contributed by atoms with Crippen LogP contribution in [0.1, 0.15) is 36.4 Å². The summed E-state index contributed by atoms with van der Waals surface area (Å²) in [6, 6.07) is 2.15. The summed E-state index contributed by atoms with van der Waals surface area (Å²) in [6.07, 6.45) is 2.40. The van der Waals surface area contributed by atoms with E-state index in [1.54, 1.807) is 7.11 Å². The highest BCUT2D eigenvalue weighted by atomic mass is 32.1. The third-order valence-corrected chi connectivity index (χ3v) is 4.75. The molecule has 0 aromatic carbocycles. The zero-order valence-corrected chi connectivity index (χ0v) is 12.6. The molecule has 1 fully saturated rings. The largest absolute Gasteiger partial charge is 0.495 e. The Morgan fingerprint density at radius 1 is 1.63 bits per heavy atom. The van der Waals surface area contributed by atoms with E-state index in [1.165, 1.54) is 24.2 Å². The van der Waals surface area contributed by atoms with Crippen LogP contribution in [0.5, 0.6) is 5.75 Å². The fourth-order valence-electron chi connectivity index (χ4n) is 2.52. The second-order valence-electron chi connectivity index (χ2n) is 5.63. The van der Waals surface area contributed by atoms with Crippen LogP contribution in [0, 0.1) is 5.41 Å². The number of ether oxygens (including phenoxy) is 1. The predicted molar refractivity (Wildman–Crippen MR) is 78.0 cm³/mol. The number of hydrogen-bond donors (Lipinski definition) is 2. The molecule has 5 heteroatoms. The minimum absolute atomic E-state index is 0.0463. The maximum Gasteiger partial charge on any atom is 0.265 e. The molecule has 1 aliphatic heterocycles. The van der Waals surface area contributed by atoms with Crippen molar-refractivity contribution >= 4 is 17.2 Å². The average Bonchev–Trinajstić information content (AvgIpc) is 2.85. The molecular formula is C14H22N2O2S. The molecule has 0 spiro atoms. The number of carbonyl (C=O) groups excluding carboxylic acids is 1. The maximum absolute atomic E-state index is 12.1. The van der Waals surface area contributed by atoms with Crippen molar-refractivity contribution in [2.45, 2.75) is 32.7 Å². The number of amides is 1. The van der Waals surface area contributed by atoms with Crippen molar-refractivity contribution in [3.63, 3.8) is 0 Å². The van der Waals surface area contributed by atoms with Gasteiger partial charge < -0.3 is 15.4 Å². The average molecular weight is 282 g/mol. The van der Waals surface area contributed by atoms with Crippen molar-refractivity contribution < 1.29 is 9.53 Å². The van der Waals surface area contributed by atoms with Crippen molar-refractivity contribution in [3.05, 3.63) is 16.3 Å². The zero-order valence-electron chi connectivity index (χ0n) is 11.8. The third kappa shape index (κ3) is 3.28. The van der Waals surface area contributed by atoms with Gasteiger partial charge in [-0.05, 0) is 36.2 Å². The van der Waals surface area contributed by atoms with E-state index in [-0.39, 0.29) is 11.3 Å². The molecule has 0 bridgehead atoms. The highest BCUT2D eigenvalue weighted by Gasteiger charge is 2.32. The van der Waals surface area contributed by atoms with E-state index in [0.717, 1.165) is 6.54 Å². The summed E-state index contributed by atoms with van der Waals surface area (Å²) in [5, 5.41) is 8.38. The summed E-state index contributed by atoms with van der Waals surface area (Å²) in [6.45, 7) is 6.20. The van der Waals surface area contributed by atoms with Crippen molar-refractivity contribution in [2.75, 3.05) is 20.2 Å². The maximum atomic E-state index is 12.1. The molecule has 2 heterocycles. The summed E-state index contributed by atoms with van der Waals surface area (Å²) < 4.78 is 5.17. The molecule has 1 aromatic rings. The lowest BCUT2D eigenvalue weighted by atomic mass is 9.77. The van der Waals surface area contributed by atoms with Crippen LogP contribution in [0.15, 0.2) is 11.4 Å². The minimum Gasteiger partial charge on any atom is -0.495 e. The molecule has 1 aliphatic rings. The van der Waals surface area contributed by atoms with Crippen molar-refractivity contribution in [3.8, 4) is 5.75 Å². The van der Waals surface area contributed by atoms with E-state index >= 15 is 0 Å². The van der Waals surface area contributed by atoms with E-state index in [4.69, 9.17) is 4.74 Å². The second kappa shape index (κ2) is 5.92. The lowest BCUT2D eigenvalue weighted by Gasteiger charge is -2.39. The van der Waals surface area contributed by atoms with Gasteiger partial charge in [0.2, 0.25) is 0 Å². The van der Waals surface area contributed by atoms with Crippen LogP contribution in [0.3, 0.4) is 0 Å². The molecule has 1 aromatic heterocycles. The number of nitrogens with one attached hydrogen (secondary N) is 2. The van der Waals surface area contributed by atoms with E-state index in [9.17, 15) is 4.79 Å². The minimum atomic E-state index is -0.0463. The smallest absolute Gasteiger partial charge is 0.265 e. The molecule has 19 heavy (non-hydrogen) atoms. The number of piperidine rings is 1. The monoisotopic (exact) mass is 282 g/mol. The molecule has 0 radical (unpaired) electrons. The molecule has 0 aliphatic carbocycles. The van der Waals surface area contributed by atoms with Gasteiger partial charge in [-0.15, -0.1) is 11.3 Å². The van der Waals surface area contributed by atoms with E-state index in [0.29, 0.717) is 23.2 Å². The SMILES string of the molecule is COc1ccsc1C(=O)NCC1NCCCC1(C)C. The molecule has 2 rings (SSSR count). The Labute approximate surface area is 118 Å². The van der Waals surface area contributed by atoms with Crippen molar-refractivity contribution in [2.24, 2.45) is 5.41 Å². The first kappa shape index (κ1) is 14.3. The lowest BCUT2D eigenvalue weighted by molar-refractivity contribution is 0.0930. The first-order chi connectivity index (χ1) is 9.04. The molecular weight excluding hydrogens is 260 g/mol. The summed E-state index contributed by atoms with van der Waals surface area (Å²) in [5.41, 5.74) is 0.227. The van der Waals surface area contributed by atoms with Crippen LogP contribution in [0.25, 0.3) is 0 Å². The quantitative estimate of drug-likeness (QED) is 0.890. The Balaban J connectivity index is 1.93. The number of methoxy groups -OCH3 is 1. The van der Waals surface area contributed by atoms with Gasteiger partial charge in [0.1, 0.15) is 10.6 Å². The van der Waals surface area contributed by atoms with Crippen LogP contribution in [-0.4, -0.2) is 32.1 Å². The molecule has 0 saturated carbocycles. The molecule has 1 atom stereocenters. The summed E-state index contributed by atoms with van der Waals surface area (Å²) in [7, 11) is 1.59. The Morgan fingerprint density at radius 3 is 3.11 bits per heavy atom. The van der Waals surface area contributed by atoms with Gasteiger partial charge in [0, 0.05) is 12.6 Å². The Morgan fingerprint density at radius 2 is 2.42 bits per heavy atom. The van der Waals surface area contributed by atoms with E-state index in [2.05, 4.69) is 24.5 Å². The van der Waals surface area contributed by atoms with Gasteiger partial charge in [0.25, 0.3) is 5.91 Å². The Kier molecular flexibility index (Phi) is 4.47. The first-order valence-electron chi connectivity index (χ1n) is 6.67. The summed E-state index contributed by atoms with van der Waals surface area (Å²) in [5.74, 6) is 0.605. The van der Waals surface area contributed by atoms with Crippen LogP contribution < -0.4 is 15.4 Å². The van der Waals surface area contributed by atoms with Gasteiger partial charge in [0.15, 0.2) is 0 Å². The first-order valence-corrected chi connectivity index (χ1v) is 7.55. The van der Waals surface area contributed by atoms with Crippen LogP contribution in [0.4, 0.5) is 0 Å². The lowest BCUT2D eigenvalue weighted by Crippen LogP contribution is -2.52. The summed E-state index contributed by atoms with van der Waals surface area (Å²) in [4.78, 5) is 12.8. The fraction of sp³-hybridized carbons (Fsp3) is 0.643. The third-order valence-electron chi connectivity index (χ3n) is 3.85. The van der Waals surface area contributed by atoms with Gasteiger partial charge in [0.05, 0.1) is 7.11 Å². The summed E-state index contributed by atoms with van der Waals surface area (Å²) >= 11 is 1.41. The highest BCUT2D eigenvalue weighted by molar-refractivity contribution is 7.12. The normalized spacial score (nSPS) is 21.9. The van der Waals surface area contributed by atoms with E-state index < -0.39 is 0 Å². The standard InChI is InChI=1S/C14H22N2O2S/c1-14(2)6-4-7-15-11(14)9-16-13(17)12-10(18-3)5-8-19-12/h5,8,11,15H,4,6-7,9H2,1-3H3,(H,16,17). The van der Waals surface area contributed by atoms with Gasteiger partial charge in [-0.2, -0.15) is 0 Å². The molecule has 1 amide bonds. The predicted octanol–water partition coefficient (Wildman–Crippen LogP) is 2.26. The zero-order chi connectivity index (χ0) is 13.9. The van der Waals surface area contributed by atoms with Crippen LogP contribution in [-0.2, 0) is 0 Å². The number of thiophene rings is 1. The second-order valence-corrected chi connectivity index (χ2v) is 6.54. The molecule has 1 saturated heterocycles. The van der Waals surface area contributed by atoms with Gasteiger partial charge in [-0.3, -0.25) is 4.79 Å². The van der Waals surface area contributed by atoms with Gasteiger partial charge in [-0.25, -0.2) is 0 Å². The molecule has 1 unspecified atom stereocenters. The molecule has 2 N–H and O–H groups in total. The molecule has 106 valence electrons.